The van der Waals surface area contributed by atoms with Crippen LogP contribution in [0.1, 0.15) is 20.3 Å². The number of methoxy groups -OCH3 is 2. The van der Waals surface area contributed by atoms with Crippen molar-refractivity contribution in [2.45, 2.75) is 25.9 Å². The third kappa shape index (κ3) is 5.98. The number of esters is 2. The van der Waals surface area contributed by atoms with Crippen molar-refractivity contribution in [2.75, 3.05) is 27.4 Å². The van der Waals surface area contributed by atoms with Gasteiger partial charge in [-0.2, -0.15) is 0 Å². The topological polar surface area (TPSA) is 107 Å². The van der Waals surface area contributed by atoms with Crippen LogP contribution >= 0.6 is 7.60 Å². The molecule has 0 aliphatic heterocycles. The molecule has 0 saturated carbocycles. The summed E-state index contributed by atoms with van der Waals surface area (Å²) in [4.78, 5) is 32.1. The molecule has 9 nitrogen and oxygen atoms in total. The van der Waals surface area contributed by atoms with Crippen molar-refractivity contribution in [1.29, 1.82) is 0 Å². The Labute approximate surface area is 116 Å². The molecule has 0 rings (SSSR count). The summed E-state index contributed by atoms with van der Waals surface area (Å²) in [5, 5.41) is 0. The third-order valence-corrected chi connectivity index (χ3v) is 3.77. The normalized spacial score (nSPS) is 12.8. The van der Waals surface area contributed by atoms with Gasteiger partial charge in [0.05, 0.1) is 33.9 Å². The highest BCUT2D eigenvalue weighted by Crippen LogP contribution is 2.55. The maximum absolute atomic E-state index is 12.5. The minimum atomic E-state index is -4.22. The first-order chi connectivity index (χ1) is 9.45. The van der Waals surface area contributed by atoms with Gasteiger partial charge in [0.15, 0.2) is 5.66 Å². The summed E-state index contributed by atoms with van der Waals surface area (Å²) in [5.74, 6) is -1.76. The summed E-state index contributed by atoms with van der Waals surface area (Å²) >= 11 is 0. The Balaban J connectivity index is 5.20. The summed E-state index contributed by atoms with van der Waals surface area (Å²) in [5.41, 5.74) is -1.56. The molecule has 0 aromatic rings. The van der Waals surface area contributed by atoms with Crippen molar-refractivity contribution in [3.63, 3.8) is 0 Å². The number of rotatable bonds is 10. The molecule has 0 heterocycles. The van der Waals surface area contributed by atoms with Gasteiger partial charge < -0.3 is 9.47 Å². The van der Waals surface area contributed by atoms with Crippen molar-refractivity contribution < 1.29 is 42.8 Å². The second-order valence-electron chi connectivity index (χ2n) is 3.32. The molecule has 1 unspecified atom stereocenters. The lowest BCUT2D eigenvalue weighted by atomic mass is 10.3. The molecule has 0 aliphatic rings. The van der Waals surface area contributed by atoms with E-state index in [-0.39, 0.29) is 13.2 Å². The molecule has 0 bridgehead atoms. The first kappa shape index (κ1) is 19.0. The molecular weight excluding hydrogens is 295 g/mol. The second-order valence-corrected chi connectivity index (χ2v) is 5.32. The predicted molar refractivity (Wildman–Crippen MR) is 65.5 cm³/mol. The van der Waals surface area contributed by atoms with Gasteiger partial charge in [0, 0.05) is 0 Å². The number of hydrogen-bond donors (Lipinski definition) is 0. The van der Waals surface area contributed by atoms with Crippen LogP contribution < -0.4 is 0 Å². The van der Waals surface area contributed by atoms with E-state index >= 15 is 0 Å². The average Bonchev–Trinajstić information content (AvgIpc) is 2.47. The number of ether oxygens (including phenoxy) is 2. The summed E-state index contributed by atoms with van der Waals surface area (Å²) in [7, 11) is -2.03. The van der Waals surface area contributed by atoms with E-state index in [1.165, 1.54) is 0 Å². The van der Waals surface area contributed by atoms with Crippen LogP contribution in [0.15, 0.2) is 0 Å². The quantitative estimate of drug-likeness (QED) is 0.254. The van der Waals surface area contributed by atoms with Gasteiger partial charge in [-0.15, -0.1) is 9.35 Å². The zero-order chi connectivity index (χ0) is 15.6. The van der Waals surface area contributed by atoms with E-state index in [1.807, 2.05) is 0 Å². The van der Waals surface area contributed by atoms with Crippen LogP contribution in [-0.4, -0.2) is 45.0 Å². The molecule has 0 aromatic heterocycles. The molecule has 0 amide bonds. The first-order valence-electron chi connectivity index (χ1n) is 5.81. The number of carbonyl (C=O) groups is 2. The molecule has 0 N–H and O–H groups in total. The van der Waals surface area contributed by atoms with Gasteiger partial charge in [-0.25, -0.2) is 9.78 Å². The Kier molecular flexibility index (Phi) is 9.35. The van der Waals surface area contributed by atoms with Gasteiger partial charge in [-0.1, -0.05) is 0 Å². The fourth-order valence-electron chi connectivity index (χ4n) is 1.07. The summed E-state index contributed by atoms with van der Waals surface area (Å²) in [6.45, 7) is 3.23. The highest BCUT2D eigenvalue weighted by molar-refractivity contribution is 7.55. The Morgan fingerprint density at radius 3 is 1.85 bits per heavy atom. The number of hydrogen-bond acceptors (Lipinski definition) is 9. The van der Waals surface area contributed by atoms with Crippen LogP contribution in [-0.2, 0) is 42.8 Å². The predicted octanol–water partition coefficient (Wildman–Crippen LogP) is 1.22. The molecular formula is C10H19O9P. The van der Waals surface area contributed by atoms with E-state index in [4.69, 9.17) is 0 Å². The van der Waals surface area contributed by atoms with Gasteiger partial charge in [0.1, 0.15) is 0 Å². The van der Waals surface area contributed by atoms with Crippen molar-refractivity contribution in [1.82, 2.24) is 0 Å². The van der Waals surface area contributed by atoms with Gasteiger partial charge in [-0.05, 0) is 13.8 Å². The lowest BCUT2D eigenvalue weighted by molar-refractivity contribution is -0.264. The Morgan fingerprint density at radius 2 is 1.50 bits per heavy atom. The molecule has 0 radical (unpaired) electrons. The van der Waals surface area contributed by atoms with E-state index in [1.54, 1.807) is 13.8 Å². The SMILES string of the molecule is CCOOP(=O)(OOCC)C(CC(=O)OC)C(=O)OC. The zero-order valence-electron chi connectivity index (χ0n) is 11.8. The average molecular weight is 314 g/mol. The molecule has 118 valence electrons. The summed E-state index contributed by atoms with van der Waals surface area (Å²) < 4.78 is 30.6. The molecule has 0 aromatic carbocycles. The number of carbonyl (C=O) groups excluding carboxylic acids is 2. The van der Waals surface area contributed by atoms with Gasteiger partial charge in [0.2, 0.25) is 0 Å². The van der Waals surface area contributed by atoms with Crippen molar-refractivity contribution in [3.8, 4) is 0 Å². The first-order valence-corrected chi connectivity index (χ1v) is 7.43. The Morgan fingerprint density at radius 1 is 1.00 bits per heavy atom. The monoisotopic (exact) mass is 314 g/mol. The standard InChI is InChI=1S/C10H19O9P/c1-5-16-18-20(13,19-17-6-2)8(10(12)15-4)7-9(11)14-3/h8H,5-7H2,1-4H3. The molecule has 0 fully saturated rings. The lowest BCUT2D eigenvalue weighted by Crippen LogP contribution is -2.28. The summed E-state index contributed by atoms with van der Waals surface area (Å²) in [6, 6.07) is 0. The minimum absolute atomic E-state index is 0.0472. The molecule has 0 saturated heterocycles. The fraction of sp³-hybridized carbons (Fsp3) is 0.800. The van der Waals surface area contributed by atoms with E-state index < -0.39 is 31.6 Å². The summed E-state index contributed by atoms with van der Waals surface area (Å²) in [6.07, 6.45) is -0.569. The second kappa shape index (κ2) is 9.84. The van der Waals surface area contributed by atoms with Crippen LogP contribution in [0.4, 0.5) is 0 Å². The third-order valence-electron chi connectivity index (χ3n) is 1.99. The molecule has 0 spiro atoms. The van der Waals surface area contributed by atoms with Crippen LogP contribution in [0.2, 0.25) is 0 Å². The largest absolute Gasteiger partial charge is 0.469 e. The van der Waals surface area contributed by atoms with E-state index in [9.17, 15) is 14.2 Å². The van der Waals surface area contributed by atoms with Crippen LogP contribution in [0.5, 0.6) is 0 Å². The van der Waals surface area contributed by atoms with Crippen molar-refractivity contribution >= 4 is 19.5 Å². The van der Waals surface area contributed by atoms with Gasteiger partial charge in [0.25, 0.3) is 0 Å². The van der Waals surface area contributed by atoms with Gasteiger partial charge >= 0.3 is 19.5 Å². The molecule has 10 heteroatoms. The molecule has 0 aliphatic carbocycles. The van der Waals surface area contributed by atoms with Crippen molar-refractivity contribution in [3.05, 3.63) is 0 Å². The highest BCUT2D eigenvalue weighted by Gasteiger charge is 2.46. The zero-order valence-corrected chi connectivity index (χ0v) is 12.7. The maximum Gasteiger partial charge on any atom is 0.398 e. The lowest BCUT2D eigenvalue weighted by Gasteiger charge is -2.21. The maximum atomic E-state index is 12.5. The Hall–Kier alpha value is -0.990. The fourth-order valence-corrected chi connectivity index (χ4v) is 2.54. The molecule has 20 heavy (non-hydrogen) atoms. The van der Waals surface area contributed by atoms with E-state index in [0.717, 1.165) is 14.2 Å². The van der Waals surface area contributed by atoms with Crippen LogP contribution in [0, 0.1) is 0 Å². The van der Waals surface area contributed by atoms with E-state index in [0.29, 0.717) is 0 Å². The van der Waals surface area contributed by atoms with Crippen molar-refractivity contribution in [2.24, 2.45) is 0 Å². The van der Waals surface area contributed by atoms with Crippen LogP contribution in [0.3, 0.4) is 0 Å². The molecule has 1 atom stereocenters. The van der Waals surface area contributed by atoms with E-state index in [2.05, 4.69) is 28.6 Å². The van der Waals surface area contributed by atoms with Crippen LogP contribution in [0.25, 0.3) is 0 Å². The smallest absolute Gasteiger partial charge is 0.398 e. The highest BCUT2D eigenvalue weighted by atomic mass is 31.2. The Bertz CT molecular complexity index is 345. The minimum Gasteiger partial charge on any atom is -0.469 e. The van der Waals surface area contributed by atoms with Gasteiger partial charge in [-0.3, -0.25) is 14.2 Å².